The second-order valence-corrected chi connectivity index (χ2v) is 34.0. The van der Waals surface area contributed by atoms with E-state index in [1.165, 1.54) is 28.3 Å². The quantitative estimate of drug-likeness (QED) is 0.0569. The molecule has 0 bridgehead atoms. The van der Waals surface area contributed by atoms with Gasteiger partial charge in [0.25, 0.3) is 0 Å². The van der Waals surface area contributed by atoms with Crippen LogP contribution in [-0.4, -0.2) is 122 Å². The van der Waals surface area contributed by atoms with Crippen molar-refractivity contribution >= 4 is 76.1 Å². The zero-order chi connectivity index (χ0) is 87.1. The highest BCUT2D eigenvalue weighted by Crippen LogP contribution is 2.29. The van der Waals surface area contributed by atoms with Gasteiger partial charge in [-0.25, -0.2) is 49.1 Å². The van der Waals surface area contributed by atoms with Crippen molar-refractivity contribution in [1.29, 1.82) is 0 Å². The third-order valence-corrected chi connectivity index (χ3v) is 16.6. The molecule has 0 radical (unpaired) electrons. The number of anilines is 4. The van der Waals surface area contributed by atoms with Crippen molar-refractivity contribution in [3.8, 4) is 0 Å². The number of nitrogens with zero attached hydrogens (tertiary/aromatic N) is 10. The summed E-state index contributed by atoms with van der Waals surface area (Å²) in [5.41, 5.74) is 7.46. The number of aliphatic imine (C=N–C) groups is 1. The first-order chi connectivity index (χ1) is 53.3. The highest BCUT2D eigenvalue weighted by molar-refractivity contribution is 7.98. The summed E-state index contributed by atoms with van der Waals surface area (Å²) in [6.45, 7) is 52.4. The number of fused-ring (bicyclic) bond motifs is 1. The Labute approximate surface area is 685 Å². The number of amides is 4. The summed E-state index contributed by atoms with van der Waals surface area (Å²) in [7, 11) is 1.67. The maximum Gasteiger partial charge on any atom is 0.416 e. The molecule has 25 heteroatoms. The monoisotopic (exact) mass is 1610 g/mol. The Morgan fingerprint density at radius 2 is 0.939 bits per heavy atom. The molecule has 4 amide bonds. The van der Waals surface area contributed by atoms with Crippen molar-refractivity contribution in [2.75, 3.05) is 53.0 Å². The highest BCUT2D eigenvalue weighted by atomic mass is 32.2. The van der Waals surface area contributed by atoms with Crippen LogP contribution < -0.4 is 25.4 Å². The van der Waals surface area contributed by atoms with Crippen LogP contribution in [0.25, 0.3) is 11.0 Å². The molecule has 628 valence electrons. The zero-order valence-corrected chi connectivity index (χ0v) is 74.0. The fourth-order valence-corrected chi connectivity index (χ4v) is 10.1. The Morgan fingerprint density at radius 1 is 0.504 bits per heavy atom. The van der Waals surface area contributed by atoms with Crippen LogP contribution in [0.5, 0.6) is 0 Å². The number of nitrogens with one attached hydrogen (secondary N) is 1. The average molecular weight is 1610 g/mol. The maximum atomic E-state index is 12.8. The van der Waals surface area contributed by atoms with Crippen molar-refractivity contribution in [2.24, 2.45) is 10.9 Å². The molecule has 9 rings (SSSR count). The lowest BCUT2D eigenvalue weighted by atomic mass is 10.0. The summed E-state index contributed by atoms with van der Waals surface area (Å²) >= 11 is 1.58. The van der Waals surface area contributed by atoms with Crippen LogP contribution in [0.1, 0.15) is 262 Å². The number of thioether (sulfide) groups is 1. The second-order valence-electron chi connectivity index (χ2n) is 33.2. The number of pyridine rings is 4. The van der Waals surface area contributed by atoms with Gasteiger partial charge in [0.1, 0.15) is 63.6 Å². The minimum Gasteiger partial charge on any atom is -0.461 e. The van der Waals surface area contributed by atoms with E-state index in [9.17, 15) is 37.1 Å². The topological polar surface area (TPSA) is 247 Å². The predicted octanol–water partition coefficient (Wildman–Crippen LogP) is 23.9. The van der Waals surface area contributed by atoms with Crippen LogP contribution in [0.3, 0.4) is 0 Å². The summed E-state index contributed by atoms with van der Waals surface area (Å²) in [5.74, 6) is 5.09. The normalized spacial score (nSPS) is 12.0. The van der Waals surface area contributed by atoms with E-state index in [2.05, 4.69) is 140 Å². The first-order valence-electron chi connectivity index (χ1n) is 38.9. The van der Waals surface area contributed by atoms with Gasteiger partial charge in [0.2, 0.25) is 0 Å². The average Bonchev–Trinajstić information content (AvgIpc) is 1.36. The van der Waals surface area contributed by atoms with Crippen molar-refractivity contribution in [2.45, 2.75) is 256 Å². The molecule has 7 heterocycles. The van der Waals surface area contributed by atoms with Crippen LogP contribution in [-0.2, 0) is 18.9 Å². The van der Waals surface area contributed by atoms with E-state index in [0.29, 0.717) is 69.5 Å². The number of alkyl halides is 3. The summed E-state index contributed by atoms with van der Waals surface area (Å²) in [6, 6.07) is 36.0. The molecule has 6 aromatic heterocycles. The molecule has 0 saturated carbocycles. The van der Waals surface area contributed by atoms with Crippen molar-refractivity contribution in [3.63, 3.8) is 0 Å². The largest absolute Gasteiger partial charge is 0.461 e. The van der Waals surface area contributed by atoms with Crippen LogP contribution >= 0.6 is 11.8 Å². The Balaban J connectivity index is 0.000000350. The number of hydrogen-bond acceptors (Lipinski definition) is 18. The molecule has 21 nitrogen and oxygen atoms in total. The summed E-state index contributed by atoms with van der Waals surface area (Å²) in [5, 5.41) is 4.13. The van der Waals surface area contributed by atoms with Gasteiger partial charge >= 0.3 is 30.5 Å². The van der Waals surface area contributed by atoms with Crippen LogP contribution in [0.4, 0.5) is 55.6 Å². The molecule has 0 fully saturated rings. The molecular weight excluding hydrogens is 1480 g/mol. The van der Waals surface area contributed by atoms with Gasteiger partial charge in [-0.3, -0.25) is 29.8 Å². The van der Waals surface area contributed by atoms with Crippen molar-refractivity contribution in [1.82, 2.24) is 29.9 Å². The van der Waals surface area contributed by atoms with E-state index in [1.807, 2.05) is 176 Å². The highest BCUT2D eigenvalue weighted by Gasteiger charge is 2.37. The molecule has 2 aromatic carbocycles. The Morgan fingerprint density at radius 3 is 1.38 bits per heavy atom. The third kappa shape index (κ3) is 37.9. The number of ether oxygens (including phenoxy) is 4. The van der Waals surface area contributed by atoms with Gasteiger partial charge in [-0.05, 0) is 238 Å². The van der Waals surface area contributed by atoms with E-state index in [1.54, 1.807) is 81.3 Å². The molecule has 0 saturated heterocycles. The van der Waals surface area contributed by atoms with Gasteiger partial charge in [-0.1, -0.05) is 151 Å². The third-order valence-electron chi connectivity index (χ3n) is 16.1. The Hall–Kier alpha value is -10.0. The second kappa shape index (κ2) is 45.9. The molecule has 1 N–H and O–H groups in total. The van der Waals surface area contributed by atoms with Crippen LogP contribution in [0, 0.1) is 5.92 Å². The number of carbonyl (C=O) groups is 4. The number of para-hydroxylation sites is 1. The fraction of sp³-hybridized carbons (Fsp3) is 0.489. The molecule has 0 atom stereocenters. The van der Waals surface area contributed by atoms with Gasteiger partial charge in [-0.2, -0.15) is 13.2 Å². The van der Waals surface area contributed by atoms with Gasteiger partial charge in [-0.15, -0.1) is 0 Å². The zero-order valence-electron chi connectivity index (χ0n) is 73.2. The van der Waals surface area contributed by atoms with Crippen LogP contribution in [0.2, 0.25) is 0 Å². The lowest BCUT2D eigenvalue weighted by Crippen LogP contribution is -2.42. The Kier molecular flexibility index (Phi) is 39.6. The minimum atomic E-state index is -4.55. The van der Waals surface area contributed by atoms with Crippen molar-refractivity contribution < 1.29 is 55.7 Å². The van der Waals surface area contributed by atoms with E-state index in [0.717, 1.165) is 51.1 Å². The number of halogens is 3. The molecule has 115 heavy (non-hydrogen) atoms. The summed E-state index contributed by atoms with van der Waals surface area (Å²) in [6.07, 6.45) is 5.69. The number of allylic oxidation sites excluding steroid dienone is 1. The molecule has 8 aromatic rings. The van der Waals surface area contributed by atoms with E-state index < -0.39 is 53.4 Å². The number of carbonyl (C=O) groups excluding carboxylic acids is 4. The van der Waals surface area contributed by atoms with Gasteiger partial charge < -0.3 is 23.4 Å². The van der Waals surface area contributed by atoms with E-state index >= 15 is 0 Å². The van der Waals surface area contributed by atoms with Crippen LogP contribution in [0.15, 0.2) is 177 Å². The number of aromatic nitrogens is 6. The van der Waals surface area contributed by atoms with E-state index in [4.69, 9.17) is 23.4 Å². The molecule has 0 unspecified atom stereocenters. The standard InChI is InChI=1S/C15H21F3N2O2.C15H24N2O2.C14H22N2O2.C13H20N2O2.C13H15N.C12H12O2.C8H12N2S/c1-10(2)11-6-7-19-12(8-11)20(9-15(16,17)18)13(21)22-14(3,4)5;1-7-17(14(18)19-15(4,5)6)13-10-12(11(2)3)8-9-16-13;1-10(2)11-7-8-15-12(9-11)16(6)13(17)18-14(3,4)5;1-9(2)10-6-7-14-11(8-10)15-12(16)17-13(3,4)5;1-10(2)12-8-13(14-9-12)11-6-4-3-5-7-11;1-8(2)12-7-10(13)9-5-3-4-6-11(9)14-12;1-6(2)7-4-5-9-8(10-7)11-3/h6-8,10H,9H2,1-5H3;8-11H,7H2,1-6H3;7-10H,1-6H3;6-9H,1-5H3,(H,14,15,16);3-8,10H,9H2,1-2H3;3-8H,1-2H3;4-6H,1-3H3. The van der Waals surface area contributed by atoms with Gasteiger partial charge in [0, 0.05) is 62.3 Å². The number of rotatable bonds is 15. The Bertz CT molecular complexity index is 4480. The lowest BCUT2D eigenvalue weighted by Gasteiger charge is -2.27. The molecule has 0 aliphatic carbocycles. The first kappa shape index (κ1) is 99.2. The molecule has 1 aliphatic rings. The lowest BCUT2D eigenvalue weighted by molar-refractivity contribution is -0.119. The van der Waals surface area contributed by atoms with Gasteiger partial charge in [0.15, 0.2) is 10.6 Å². The smallest absolute Gasteiger partial charge is 0.416 e. The maximum absolute atomic E-state index is 12.8. The SMILES string of the molecule is CC(C)C1=CC(c2ccccc2)=NC1.CC(C)c1cc(=O)c2ccccc2o1.CC(C)c1ccnc(N(C)C(=O)OC(C)(C)C)c1.CC(C)c1ccnc(N(CC(F)(F)F)C(=O)OC(C)(C)C)c1.CC(C)c1ccnc(NC(=O)OC(C)(C)C)c1.CCN(C(=O)OC(C)(C)C)c1cc(C(C)C)ccn1.CSc1nccc(C(C)C)n1. The van der Waals surface area contributed by atoms with Gasteiger partial charge in [0.05, 0.1) is 17.6 Å². The first-order valence-corrected chi connectivity index (χ1v) is 40.1. The summed E-state index contributed by atoms with van der Waals surface area (Å²) < 4.78 is 64.8. The molecule has 1 aliphatic heterocycles. The van der Waals surface area contributed by atoms with E-state index in [-0.39, 0.29) is 29.2 Å². The predicted molar refractivity (Wildman–Crippen MR) is 462 cm³/mol. The summed E-state index contributed by atoms with van der Waals surface area (Å²) in [4.78, 5) is 92.2. The molecule has 0 spiro atoms. The minimum absolute atomic E-state index is 0.0375. The molecular formula is C90H126F3N11O10S. The van der Waals surface area contributed by atoms with Crippen molar-refractivity contribution in [3.05, 3.63) is 207 Å². The fourth-order valence-electron chi connectivity index (χ4n) is 9.76. The number of hydrogen-bond donors (Lipinski definition) is 1. The number of benzene rings is 2.